The maximum atomic E-state index is 13.1. The standard InChI is InChI=1S/C21H27ClN4O4S/c1-13(2)18(21-24-19(25-30-21)14-6-7-14)23-20(27)15-8-9-16(22)17(12-15)31(28,29)26-10-4-3-5-11-26/h8-9,12-14,18H,3-7,10-11H2,1-2H3,(H,23,27). The molecule has 1 aromatic carbocycles. The van der Waals surface area contributed by atoms with Crippen LogP contribution in [0.5, 0.6) is 0 Å². The zero-order chi connectivity index (χ0) is 22.2. The Kier molecular flexibility index (Phi) is 6.37. The predicted octanol–water partition coefficient (Wildman–Crippen LogP) is 3.90. The smallest absolute Gasteiger partial charge is 0.251 e. The number of nitrogens with zero attached hydrogens (tertiary/aromatic N) is 3. The van der Waals surface area contributed by atoms with Crippen molar-refractivity contribution in [3.05, 3.63) is 40.5 Å². The van der Waals surface area contributed by atoms with Crippen LogP contribution in [0.1, 0.15) is 80.0 Å². The Morgan fingerprint density at radius 3 is 2.58 bits per heavy atom. The minimum atomic E-state index is -3.76. The maximum absolute atomic E-state index is 13.1. The van der Waals surface area contributed by atoms with Gasteiger partial charge in [-0.3, -0.25) is 4.79 Å². The lowest BCUT2D eigenvalue weighted by molar-refractivity contribution is 0.0913. The average Bonchev–Trinajstić information content (AvgIpc) is 3.49. The molecule has 1 amide bonds. The summed E-state index contributed by atoms with van der Waals surface area (Å²) in [5.74, 6) is 0.966. The van der Waals surface area contributed by atoms with Gasteiger partial charge < -0.3 is 9.84 Å². The first-order chi connectivity index (χ1) is 14.8. The van der Waals surface area contributed by atoms with Crippen molar-refractivity contribution < 1.29 is 17.7 Å². The Bertz CT molecular complexity index is 1060. The second kappa shape index (κ2) is 8.88. The van der Waals surface area contributed by atoms with E-state index in [-0.39, 0.29) is 21.4 Å². The van der Waals surface area contributed by atoms with Gasteiger partial charge in [-0.2, -0.15) is 9.29 Å². The van der Waals surface area contributed by atoms with Crippen molar-refractivity contribution >= 4 is 27.5 Å². The third-order valence-corrected chi connectivity index (χ3v) is 8.13. The van der Waals surface area contributed by atoms with Gasteiger partial charge in [0.1, 0.15) is 10.9 Å². The zero-order valence-electron chi connectivity index (χ0n) is 17.7. The summed E-state index contributed by atoms with van der Waals surface area (Å²) in [6.45, 7) is 4.82. The molecule has 1 aromatic heterocycles. The van der Waals surface area contributed by atoms with Gasteiger partial charge in [0.15, 0.2) is 5.82 Å². The predicted molar refractivity (Wildman–Crippen MR) is 115 cm³/mol. The molecule has 2 heterocycles. The Morgan fingerprint density at radius 2 is 1.94 bits per heavy atom. The Morgan fingerprint density at radius 1 is 1.23 bits per heavy atom. The van der Waals surface area contributed by atoms with Crippen molar-refractivity contribution in [2.24, 2.45) is 5.92 Å². The number of piperidine rings is 1. The molecule has 1 saturated carbocycles. The van der Waals surface area contributed by atoms with Gasteiger partial charge in [-0.1, -0.05) is 37.0 Å². The van der Waals surface area contributed by atoms with Gasteiger partial charge in [0.2, 0.25) is 15.9 Å². The molecule has 2 aliphatic rings. The second-order valence-corrected chi connectivity index (χ2v) is 10.9. The van der Waals surface area contributed by atoms with E-state index in [1.54, 1.807) is 0 Å². The number of amides is 1. The van der Waals surface area contributed by atoms with Gasteiger partial charge in [-0.05, 0) is 49.8 Å². The molecule has 168 valence electrons. The van der Waals surface area contributed by atoms with Crippen LogP contribution >= 0.6 is 11.6 Å². The van der Waals surface area contributed by atoms with Crippen LogP contribution in [0.4, 0.5) is 0 Å². The summed E-state index contributed by atoms with van der Waals surface area (Å²) >= 11 is 6.22. The number of hydrogen-bond donors (Lipinski definition) is 1. The van der Waals surface area contributed by atoms with Crippen LogP contribution in [0.3, 0.4) is 0 Å². The van der Waals surface area contributed by atoms with Crippen LogP contribution in [0.25, 0.3) is 0 Å². The van der Waals surface area contributed by atoms with Crippen LogP contribution in [0.15, 0.2) is 27.6 Å². The average molecular weight is 467 g/mol. The number of sulfonamides is 1. The number of halogens is 1. The molecular weight excluding hydrogens is 440 g/mol. The zero-order valence-corrected chi connectivity index (χ0v) is 19.2. The maximum Gasteiger partial charge on any atom is 0.251 e. The monoisotopic (exact) mass is 466 g/mol. The molecule has 1 unspecified atom stereocenters. The highest BCUT2D eigenvalue weighted by molar-refractivity contribution is 7.89. The molecule has 1 aliphatic heterocycles. The molecule has 10 heteroatoms. The van der Waals surface area contributed by atoms with E-state index in [9.17, 15) is 13.2 Å². The van der Waals surface area contributed by atoms with Gasteiger partial charge in [0.25, 0.3) is 5.91 Å². The molecule has 4 rings (SSSR count). The third kappa shape index (κ3) is 4.78. The highest BCUT2D eigenvalue weighted by atomic mass is 35.5. The fraction of sp³-hybridized carbons (Fsp3) is 0.571. The normalized spacial score (nSPS) is 18.8. The van der Waals surface area contributed by atoms with Crippen molar-refractivity contribution in [1.29, 1.82) is 0 Å². The lowest BCUT2D eigenvalue weighted by atomic mass is 10.0. The molecule has 0 bridgehead atoms. The van der Waals surface area contributed by atoms with Crippen LogP contribution in [-0.2, 0) is 10.0 Å². The molecule has 1 saturated heterocycles. The number of carbonyl (C=O) groups excluding carboxylic acids is 1. The highest BCUT2D eigenvalue weighted by Gasteiger charge is 2.32. The van der Waals surface area contributed by atoms with Gasteiger partial charge in [-0.25, -0.2) is 8.42 Å². The number of rotatable bonds is 7. The first kappa shape index (κ1) is 22.2. The van der Waals surface area contributed by atoms with E-state index in [0.717, 1.165) is 32.1 Å². The van der Waals surface area contributed by atoms with Crippen molar-refractivity contribution in [3.8, 4) is 0 Å². The lowest BCUT2D eigenvalue weighted by Gasteiger charge is -2.26. The molecule has 0 radical (unpaired) electrons. The Labute approximate surface area is 187 Å². The van der Waals surface area contributed by atoms with Crippen molar-refractivity contribution in [2.75, 3.05) is 13.1 Å². The first-order valence-electron chi connectivity index (χ1n) is 10.7. The van der Waals surface area contributed by atoms with E-state index < -0.39 is 22.0 Å². The molecule has 0 spiro atoms. The topological polar surface area (TPSA) is 105 Å². The van der Waals surface area contributed by atoms with E-state index in [0.29, 0.717) is 30.7 Å². The fourth-order valence-corrected chi connectivity index (χ4v) is 5.72. The van der Waals surface area contributed by atoms with Gasteiger partial charge in [0, 0.05) is 24.6 Å². The lowest BCUT2D eigenvalue weighted by Crippen LogP contribution is -2.36. The SMILES string of the molecule is CC(C)C(NC(=O)c1ccc(Cl)c(S(=O)(=O)N2CCCCC2)c1)c1nc(C2CC2)no1. The van der Waals surface area contributed by atoms with Gasteiger partial charge >= 0.3 is 0 Å². The molecule has 31 heavy (non-hydrogen) atoms. The van der Waals surface area contributed by atoms with E-state index in [1.807, 2.05) is 13.8 Å². The minimum Gasteiger partial charge on any atom is -0.340 e. The third-order valence-electron chi connectivity index (χ3n) is 5.75. The summed E-state index contributed by atoms with van der Waals surface area (Å²) in [6.07, 6.45) is 4.75. The van der Waals surface area contributed by atoms with Crippen LogP contribution in [0.2, 0.25) is 5.02 Å². The number of hydrogen-bond acceptors (Lipinski definition) is 6. The first-order valence-corrected chi connectivity index (χ1v) is 12.5. The van der Waals surface area contributed by atoms with E-state index >= 15 is 0 Å². The molecular formula is C21H27ClN4O4S. The number of nitrogens with one attached hydrogen (secondary N) is 1. The quantitative estimate of drug-likeness (QED) is 0.663. The fourth-order valence-electron chi connectivity index (χ4n) is 3.71. The van der Waals surface area contributed by atoms with Crippen LogP contribution in [-0.4, -0.2) is 41.9 Å². The van der Waals surface area contributed by atoms with Crippen molar-refractivity contribution in [2.45, 2.75) is 62.8 Å². The highest BCUT2D eigenvalue weighted by Crippen LogP contribution is 2.38. The van der Waals surface area contributed by atoms with Crippen LogP contribution in [0, 0.1) is 5.92 Å². The van der Waals surface area contributed by atoms with Crippen LogP contribution < -0.4 is 5.32 Å². The van der Waals surface area contributed by atoms with Gasteiger partial charge in [-0.15, -0.1) is 0 Å². The summed E-state index contributed by atoms with van der Waals surface area (Å²) in [5.41, 5.74) is 0.215. The summed E-state index contributed by atoms with van der Waals surface area (Å²) in [6, 6.07) is 3.84. The summed E-state index contributed by atoms with van der Waals surface area (Å²) in [7, 11) is -3.76. The molecule has 1 aliphatic carbocycles. The Hall–Kier alpha value is -1.97. The molecule has 1 N–H and O–H groups in total. The molecule has 2 aromatic rings. The number of carbonyl (C=O) groups is 1. The molecule has 2 fully saturated rings. The largest absolute Gasteiger partial charge is 0.340 e. The van der Waals surface area contributed by atoms with Gasteiger partial charge in [0.05, 0.1) is 5.02 Å². The Balaban J connectivity index is 1.56. The van der Waals surface area contributed by atoms with Crippen molar-refractivity contribution in [1.82, 2.24) is 19.8 Å². The second-order valence-electron chi connectivity index (χ2n) is 8.57. The summed E-state index contributed by atoms with van der Waals surface area (Å²) in [4.78, 5) is 17.4. The minimum absolute atomic E-state index is 0.000284. The molecule has 1 atom stereocenters. The number of aromatic nitrogens is 2. The summed E-state index contributed by atoms with van der Waals surface area (Å²) in [5, 5.41) is 7.05. The summed E-state index contributed by atoms with van der Waals surface area (Å²) < 4.78 is 33.0. The van der Waals surface area contributed by atoms with E-state index in [2.05, 4.69) is 15.5 Å². The van der Waals surface area contributed by atoms with Crippen molar-refractivity contribution in [3.63, 3.8) is 0 Å². The van der Waals surface area contributed by atoms with E-state index in [1.165, 1.54) is 22.5 Å². The molecule has 8 nitrogen and oxygen atoms in total. The van der Waals surface area contributed by atoms with E-state index in [4.69, 9.17) is 16.1 Å². The number of benzene rings is 1.